The van der Waals surface area contributed by atoms with Crippen molar-refractivity contribution in [2.24, 2.45) is 39.8 Å². The number of hydrogen-bond acceptors (Lipinski definition) is 19. The van der Waals surface area contributed by atoms with Crippen LogP contribution in [0.3, 0.4) is 0 Å². The number of benzene rings is 8. The lowest BCUT2D eigenvalue weighted by Crippen LogP contribution is -2.63. The number of ether oxygens (including phenoxy) is 6. The Morgan fingerprint density at radius 1 is 0.528 bits per heavy atom. The molecule has 0 unspecified atom stereocenters. The van der Waals surface area contributed by atoms with Crippen LogP contribution in [0.5, 0.6) is 23.0 Å². The molecule has 1 N–H and O–H groups in total. The molecule has 7 atom stereocenters. The Labute approximate surface area is 607 Å². The molecule has 2 saturated heterocycles. The number of carbonyl (C=O) groups excluding carboxylic acids is 4. The maximum Gasteiger partial charge on any atom is 0.355 e. The summed E-state index contributed by atoms with van der Waals surface area (Å²) >= 11 is 0. The number of aryl methyl sites for hydroxylation is 2. The van der Waals surface area contributed by atoms with Crippen LogP contribution in [-0.4, -0.2) is 80.0 Å². The number of aliphatic hydroxyl groups is 1. The Kier molecular flexibility index (Phi) is 20.9. The summed E-state index contributed by atoms with van der Waals surface area (Å²) in [5.41, 5.74) is 28.3. The Morgan fingerprint density at radius 3 is 1.35 bits per heavy atom. The minimum Gasteiger partial charge on any atom is -0.489 e. The number of aromatic nitrogens is 2. The molecule has 536 valence electrons. The second-order valence-electron chi connectivity index (χ2n) is 26.6. The number of amides is 2. The molecule has 25 heteroatoms. The van der Waals surface area contributed by atoms with E-state index in [0.29, 0.717) is 104 Å². The van der Waals surface area contributed by atoms with Gasteiger partial charge in [0.15, 0.2) is 33.5 Å². The van der Waals surface area contributed by atoms with E-state index in [9.17, 15) is 33.9 Å². The smallest absolute Gasteiger partial charge is 0.355 e. The first-order chi connectivity index (χ1) is 51.2. The highest BCUT2D eigenvalue weighted by Crippen LogP contribution is 2.50. The molecule has 0 bridgehead atoms. The Balaban J connectivity index is 0.000000188. The first kappa shape index (κ1) is 71.6. The van der Waals surface area contributed by atoms with Crippen LogP contribution in [0.2, 0.25) is 0 Å². The lowest BCUT2D eigenvalue weighted by Gasteiger charge is -2.47. The average Bonchev–Trinajstić information content (AvgIpc) is 1.55. The average molecular weight is 1430 g/mol. The highest BCUT2D eigenvalue weighted by Gasteiger charge is 2.60. The number of rotatable bonds is 24. The van der Waals surface area contributed by atoms with Crippen LogP contribution >= 0.6 is 0 Å². The van der Waals surface area contributed by atoms with Gasteiger partial charge in [0.1, 0.15) is 96.5 Å². The predicted octanol–water partition coefficient (Wildman–Crippen LogP) is 15.1. The van der Waals surface area contributed by atoms with E-state index in [1.807, 2.05) is 114 Å². The number of hydrogen-bond donors (Lipinski definition) is 1. The number of β-lactam (4-membered cyclic amide) rings is 2. The lowest BCUT2D eigenvalue weighted by atomic mass is 9.74. The largest absolute Gasteiger partial charge is 0.489 e. The van der Waals surface area contributed by atoms with Crippen molar-refractivity contribution in [2.75, 3.05) is 13.2 Å². The Bertz CT molecular complexity index is 5050. The number of aliphatic hydroxyl groups excluding tert-OH is 1. The van der Waals surface area contributed by atoms with Crippen molar-refractivity contribution in [3.8, 4) is 45.9 Å². The number of carbonyl (C=O) groups is 4. The maximum atomic E-state index is 13.5. The molecule has 0 saturated carbocycles. The van der Waals surface area contributed by atoms with E-state index in [2.05, 4.69) is 30.0 Å². The molecule has 8 aliphatic rings. The first-order valence-electron chi connectivity index (χ1n) is 34.4. The van der Waals surface area contributed by atoms with Crippen LogP contribution in [0.15, 0.2) is 233 Å². The maximum absolute atomic E-state index is 13.5. The predicted molar refractivity (Wildman–Crippen MR) is 391 cm³/mol. The van der Waals surface area contributed by atoms with Crippen LogP contribution in [-0.2, 0) is 55.1 Å². The van der Waals surface area contributed by atoms with Gasteiger partial charge in [0.25, 0.3) is 0 Å². The molecule has 0 radical (unpaired) electrons. The van der Waals surface area contributed by atoms with Gasteiger partial charge in [-0.15, -0.1) is 0 Å². The van der Waals surface area contributed by atoms with E-state index >= 15 is 0 Å². The van der Waals surface area contributed by atoms with E-state index in [0.717, 1.165) is 33.4 Å². The topological polar surface area (TPSA) is 334 Å². The van der Waals surface area contributed by atoms with Gasteiger partial charge in [-0.3, -0.25) is 19.2 Å². The molecule has 6 aromatic rings. The van der Waals surface area contributed by atoms with E-state index in [1.54, 1.807) is 96.8 Å². The molecule has 6 heterocycles. The number of esters is 2. The highest BCUT2D eigenvalue weighted by atomic mass is 16.5. The summed E-state index contributed by atoms with van der Waals surface area (Å²) in [7, 11) is 0. The summed E-state index contributed by atoms with van der Waals surface area (Å²) in [6.07, 6.45) is 6.43. The fourth-order valence-corrected chi connectivity index (χ4v) is 13.9. The quantitative estimate of drug-likeness (QED) is 0.0147. The SMILES string of the molecule is Cc1cc(COc2ccc3nc4ccc(=O)cc-4oc3c2)ccc1OC/C=C/C1=C(C(=O)OCc2ccc(N=[N+]=[N-])cc2)N2C(=O)[C@H](C(C)C)[C@H]2[C@H]1C.Cc1cc(COc2ccc3nc4ccc(=O)cc-4oc3c2)ccc1OC/C=C/C1=C(C(=O)OCc2ccc(N=[N+]=[N-])cc2)N2C(=O)[C@H]([C@@H](C)O)[C@H]2[C@H]1C. The van der Waals surface area contributed by atoms with Gasteiger partial charge in [0.05, 0.1) is 30.0 Å². The minimum atomic E-state index is -0.864. The van der Waals surface area contributed by atoms with Gasteiger partial charge in [0, 0.05) is 57.3 Å². The third-order valence-corrected chi connectivity index (χ3v) is 19.2. The number of allylic oxidation sites excluding steroid dienone is 2. The van der Waals surface area contributed by atoms with Crippen molar-refractivity contribution in [1.29, 1.82) is 0 Å². The fraction of sp³-hybridized carbons (Fsp3) is 0.259. The standard InChI is InChI=1S/C41H37N5O7.C40H35N5O8/c1-23(2)37-38-25(4)31(39(46(38)40(37)48)41(49)52-21-26-7-10-28(11-8-26)44-45-42)6-5-17-50-34-16-9-27(18-24(34)3)22-51-30-13-15-33-36(20-30)53-35-19-29(47)12-14-32(35)43-33;1-22-17-26(21-51-29-12-14-32-35(19-29)53-34-18-28(47)11-13-31(34)42-32)8-15-33(22)50-16-4-5-30-23(2)37-36(24(3)46)39(48)45(37)38(30)40(49)52-20-25-6-9-27(10-7-25)43-44-41/h5-16,18-20,23,25,37-38H,17,21-22H2,1-4H3;4-15,17-19,23-24,36-37,46H,16,20-21H2,1-3H3/b6-5+;5-4+/t25-,37+,38+;23-,24+,36+,37+/m00/s1. The van der Waals surface area contributed by atoms with Gasteiger partial charge in [-0.2, -0.15) is 0 Å². The Hall–Kier alpha value is -12.8. The van der Waals surface area contributed by atoms with Crippen molar-refractivity contribution in [2.45, 2.75) is 93.1 Å². The van der Waals surface area contributed by atoms with Gasteiger partial charge in [0.2, 0.25) is 11.8 Å². The molecule has 25 nitrogen and oxygen atoms in total. The van der Waals surface area contributed by atoms with E-state index < -0.39 is 24.0 Å². The molecule has 2 amide bonds. The zero-order valence-electron chi connectivity index (χ0n) is 58.8. The van der Waals surface area contributed by atoms with Crippen LogP contribution in [0.1, 0.15) is 68.0 Å². The van der Waals surface area contributed by atoms with E-state index in [-0.39, 0.29) is 96.2 Å². The summed E-state index contributed by atoms with van der Waals surface area (Å²) in [6.45, 7) is 14.5. The monoisotopic (exact) mass is 1420 g/mol. The molecule has 2 aliphatic carbocycles. The summed E-state index contributed by atoms with van der Waals surface area (Å²) in [4.78, 5) is 94.5. The second kappa shape index (κ2) is 31.0. The third kappa shape index (κ3) is 15.2. The zero-order chi connectivity index (χ0) is 74.4. The number of fused-ring (bicyclic) bond motifs is 6. The van der Waals surface area contributed by atoms with Crippen LogP contribution in [0.25, 0.3) is 66.0 Å². The number of nitrogens with zero attached hydrogens (tertiary/aromatic N) is 10. The van der Waals surface area contributed by atoms with Crippen molar-refractivity contribution in [1.82, 2.24) is 19.8 Å². The molecular formula is C81H72N10O15. The van der Waals surface area contributed by atoms with Crippen LogP contribution in [0.4, 0.5) is 11.4 Å². The molecule has 6 aliphatic heterocycles. The normalized spacial score (nSPS) is 18.3. The Morgan fingerprint density at radius 2 is 0.943 bits per heavy atom. The van der Waals surface area contributed by atoms with Crippen molar-refractivity contribution >= 4 is 57.3 Å². The molecular weight excluding hydrogens is 1350 g/mol. The van der Waals surface area contributed by atoms with Gasteiger partial charge in [-0.05, 0) is 167 Å². The van der Waals surface area contributed by atoms with Crippen molar-refractivity contribution < 1.29 is 61.5 Å². The van der Waals surface area contributed by atoms with Gasteiger partial charge in [-0.25, -0.2) is 19.6 Å². The molecule has 2 fully saturated rings. The highest BCUT2D eigenvalue weighted by molar-refractivity contribution is 6.02. The molecule has 0 aromatic heterocycles. The van der Waals surface area contributed by atoms with E-state index in [1.165, 1.54) is 29.2 Å². The summed E-state index contributed by atoms with van der Waals surface area (Å²) in [6, 6.07) is 44.3. The lowest BCUT2D eigenvalue weighted by molar-refractivity contribution is -0.164. The zero-order valence-corrected chi connectivity index (χ0v) is 58.8. The summed E-state index contributed by atoms with van der Waals surface area (Å²) in [5, 5.41) is 17.4. The van der Waals surface area contributed by atoms with Crippen molar-refractivity contribution in [3.05, 3.63) is 279 Å². The first-order valence-corrected chi connectivity index (χ1v) is 34.4. The second-order valence-corrected chi connectivity index (χ2v) is 26.6. The molecule has 106 heavy (non-hydrogen) atoms. The molecule has 0 spiro atoms. The molecule has 6 aromatic carbocycles. The summed E-state index contributed by atoms with van der Waals surface area (Å²) in [5.74, 6) is 0.861. The van der Waals surface area contributed by atoms with E-state index in [4.69, 9.17) is 48.3 Å². The third-order valence-electron chi connectivity index (χ3n) is 19.2. The molecule has 14 rings (SSSR count). The van der Waals surface area contributed by atoms with Crippen molar-refractivity contribution in [3.63, 3.8) is 0 Å². The van der Waals surface area contributed by atoms with Gasteiger partial charge in [-0.1, -0.05) is 111 Å². The van der Waals surface area contributed by atoms with Crippen LogP contribution in [0, 0.1) is 43.4 Å². The fourth-order valence-electron chi connectivity index (χ4n) is 13.9. The van der Waals surface area contributed by atoms with Crippen LogP contribution < -0.4 is 29.8 Å². The van der Waals surface area contributed by atoms with Gasteiger partial charge < -0.3 is 52.2 Å². The summed E-state index contributed by atoms with van der Waals surface area (Å²) < 4.78 is 47.4. The minimum absolute atomic E-state index is 0.00513. The number of azide groups is 2. The van der Waals surface area contributed by atoms with Gasteiger partial charge >= 0.3 is 11.9 Å².